The molecular weight excluding hydrogens is 262 g/mol. The minimum Gasteiger partial charge on any atom is -0.307 e. The second-order valence-electron chi connectivity index (χ2n) is 5.29. The number of aromatic nitrogens is 1. The van der Waals surface area contributed by atoms with Gasteiger partial charge in [0.05, 0.1) is 5.69 Å². The number of hydrogen-bond donors (Lipinski definition) is 0. The zero-order valence-corrected chi connectivity index (χ0v) is 11.4. The normalized spacial score (nSPS) is 12.8. The number of rotatable bonds is 1. The monoisotopic (exact) mass is 275 g/mol. The summed E-state index contributed by atoms with van der Waals surface area (Å²) >= 11 is 0. The number of aryl methyl sites for hydroxylation is 1. The molecule has 102 valence electrons. The number of nitrogens with zero attached hydrogens (tertiary/aromatic N) is 1. The first-order chi connectivity index (χ1) is 10.3. The Labute approximate surface area is 121 Å². The van der Waals surface area contributed by atoms with Gasteiger partial charge in [0.25, 0.3) is 5.56 Å². The molecule has 3 heteroatoms. The van der Waals surface area contributed by atoms with Crippen LogP contribution in [-0.4, -0.2) is 10.9 Å². The molecule has 1 aromatic heterocycles. The highest BCUT2D eigenvalue weighted by molar-refractivity contribution is 6.03. The fourth-order valence-corrected chi connectivity index (χ4v) is 3.25. The quantitative estimate of drug-likeness (QED) is 0.640. The second kappa shape index (κ2) is 4.42. The van der Waals surface area contributed by atoms with Crippen molar-refractivity contribution in [1.29, 1.82) is 0 Å². The van der Waals surface area contributed by atoms with Crippen molar-refractivity contribution < 1.29 is 4.79 Å². The minimum atomic E-state index is -0.0132. The van der Waals surface area contributed by atoms with E-state index < -0.39 is 0 Å². The second-order valence-corrected chi connectivity index (χ2v) is 5.29. The van der Waals surface area contributed by atoms with Crippen LogP contribution in [0, 0.1) is 0 Å². The van der Waals surface area contributed by atoms with E-state index in [0.29, 0.717) is 17.5 Å². The third-order valence-electron chi connectivity index (χ3n) is 4.21. The van der Waals surface area contributed by atoms with Crippen molar-refractivity contribution in [2.45, 2.75) is 13.0 Å². The number of carbonyl (C=O) groups is 1. The highest BCUT2D eigenvalue weighted by Crippen LogP contribution is 2.33. The van der Waals surface area contributed by atoms with Gasteiger partial charge >= 0.3 is 0 Å². The predicted octanol–water partition coefficient (Wildman–Crippen LogP) is 3.04. The minimum absolute atomic E-state index is 0.0132. The van der Waals surface area contributed by atoms with Gasteiger partial charge in [0.2, 0.25) is 0 Å². The van der Waals surface area contributed by atoms with Gasteiger partial charge in [-0.25, -0.2) is 0 Å². The van der Waals surface area contributed by atoms with E-state index in [4.69, 9.17) is 0 Å². The third-order valence-corrected chi connectivity index (χ3v) is 4.21. The first kappa shape index (κ1) is 12.1. The Morgan fingerprint density at radius 1 is 0.952 bits per heavy atom. The van der Waals surface area contributed by atoms with E-state index >= 15 is 0 Å². The molecule has 1 aliphatic heterocycles. The maximum absolute atomic E-state index is 12.7. The Balaban J connectivity index is 2.24. The van der Waals surface area contributed by atoms with Crippen molar-refractivity contribution in [3.63, 3.8) is 0 Å². The Hall–Kier alpha value is -2.68. The summed E-state index contributed by atoms with van der Waals surface area (Å²) in [6.45, 7) is 0.622. The molecule has 3 nitrogen and oxygen atoms in total. The average Bonchev–Trinajstić information content (AvgIpc) is 2.55. The van der Waals surface area contributed by atoms with Crippen molar-refractivity contribution in [3.8, 4) is 11.3 Å². The summed E-state index contributed by atoms with van der Waals surface area (Å²) in [6, 6.07) is 15.3. The molecule has 0 N–H and O–H groups in total. The van der Waals surface area contributed by atoms with E-state index in [1.807, 2.05) is 36.4 Å². The number of fused-ring (bicyclic) bond motifs is 4. The summed E-state index contributed by atoms with van der Waals surface area (Å²) in [5.74, 6) is 0. The van der Waals surface area contributed by atoms with Crippen LogP contribution < -0.4 is 5.56 Å². The molecule has 0 amide bonds. The van der Waals surface area contributed by atoms with Crippen molar-refractivity contribution >= 4 is 17.1 Å². The highest BCUT2D eigenvalue weighted by Gasteiger charge is 2.22. The maximum atomic E-state index is 12.7. The number of hydrogen-bond acceptors (Lipinski definition) is 2. The van der Waals surface area contributed by atoms with Gasteiger partial charge in [-0.1, -0.05) is 42.5 Å². The van der Waals surface area contributed by atoms with Crippen LogP contribution in [-0.2, 0) is 13.0 Å². The Bertz CT molecular complexity index is 938. The average molecular weight is 275 g/mol. The summed E-state index contributed by atoms with van der Waals surface area (Å²) in [6.07, 6.45) is 1.69. The number of carbonyl (C=O) groups excluding carboxylic acids is 1. The number of pyridine rings is 1. The van der Waals surface area contributed by atoms with Gasteiger partial charge in [-0.3, -0.25) is 9.59 Å². The van der Waals surface area contributed by atoms with Crippen LogP contribution in [0.3, 0.4) is 0 Å². The fourth-order valence-electron chi connectivity index (χ4n) is 3.25. The first-order valence-electron chi connectivity index (χ1n) is 7.00. The van der Waals surface area contributed by atoms with Crippen molar-refractivity contribution in [2.24, 2.45) is 0 Å². The zero-order chi connectivity index (χ0) is 14.4. The smallest absolute Gasteiger partial charge is 0.258 e. The van der Waals surface area contributed by atoms with Crippen LogP contribution in [0.2, 0.25) is 0 Å². The number of aldehydes is 1. The molecule has 0 saturated carbocycles. The molecule has 2 heterocycles. The molecular formula is C18H13NO2. The van der Waals surface area contributed by atoms with Crippen molar-refractivity contribution in [2.75, 3.05) is 0 Å². The van der Waals surface area contributed by atoms with Crippen molar-refractivity contribution in [3.05, 3.63) is 70.0 Å². The standard InChI is InChI=1S/C18H13NO2/c20-11-16-14-7-3-4-8-15(14)18(21)19-10-9-12-5-1-2-6-13(12)17(16)19/h1-8,11H,9-10H2. The molecule has 0 aliphatic carbocycles. The maximum Gasteiger partial charge on any atom is 0.258 e. The number of benzene rings is 2. The van der Waals surface area contributed by atoms with E-state index in [9.17, 15) is 9.59 Å². The zero-order valence-electron chi connectivity index (χ0n) is 11.4. The van der Waals surface area contributed by atoms with Gasteiger partial charge in [-0.2, -0.15) is 0 Å². The van der Waals surface area contributed by atoms with Crippen LogP contribution in [0.4, 0.5) is 0 Å². The molecule has 0 radical (unpaired) electrons. The van der Waals surface area contributed by atoms with Crippen LogP contribution in [0.1, 0.15) is 15.9 Å². The molecule has 0 saturated heterocycles. The SMILES string of the molecule is O=Cc1c2n(c(=O)c3ccccc13)CCc1ccccc1-2. The molecule has 0 spiro atoms. The van der Waals surface area contributed by atoms with Crippen LogP contribution in [0.15, 0.2) is 53.3 Å². The molecule has 0 atom stereocenters. The topological polar surface area (TPSA) is 39.1 Å². The summed E-state index contributed by atoms with van der Waals surface area (Å²) < 4.78 is 1.74. The summed E-state index contributed by atoms with van der Waals surface area (Å²) in [5.41, 5.74) is 3.54. The molecule has 21 heavy (non-hydrogen) atoms. The van der Waals surface area contributed by atoms with E-state index in [0.717, 1.165) is 29.4 Å². The third kappa shape index (κ3) is 1.61. The van der Waals surface area contributed by atoms with Crippen LogP contribution >= 0.6 is 0 Å². The summed E-state index contributed by atoms with van der Waals surface area (Å²) in [5, 5.41) is 1.35. The Kier molecular flexibility index (Phi) is 2.54. The van der Waals surface area contributed by atoms with Gasteiger partial charge in [-0.05, 0) is 23.4 Å². The van der Waals surface area contributed by atoms with Crippen LogP contribution in [0.25, 0.3) is 22.0 Å². The molecule has 0 unspecified atom stereocenters. The van der Waals surface area contributed by atoms with E-state index in [1.165, 1.54) is 5.56 Å². The molecule has 4 rings (SSSR count). The lowest BCUT2D eigenvalue weighted by atomic mass is 9.92. The molecule has 0 bridgehead atoms. The van der Waals surface area contributed by atoms with E-state index in [1.54, 1.807) is 10.6 Å². The van der Waals surface area contributed by atoms with Gasteiger partial charge in [0, 0.05) is 23.1 Å². The van der Waals surface area contributed by atoms with Gasteiger partial charge < -0.3 is 4.57 Å². The summed E-state index contributed by atoms with van der Waals surface area (Å²) in [4.78, 5) is 24.4. The lowest BCUT2D eigenvalue weighted by Gasteiger charge is -2.24. The molecule has 1 aliphatic rings. The van der Waals surface area contributed by atoms with Gasteiger partial charge in [0.15, 0.2) is 6.29 Å². The lowest BCUT2D eigenvalue weighted by molar-refractivity contribution is 0.112. The molecule has 0 fully saturated rings. The molecule has 3 aromatic rings. The first-order valence-corrected chi connectivity index (χ1v) is 7.00. The Morgan fingerprint density at radius 3 is 2.48 bits per heavy atom. The highest BCUT2D eigenvalue weighted by atomic mass is 16.1. The predicted molar refractivity (Wildman–Crippen MR) is 82.7 cm³/mol. The fraction of sp³-hybridized carbons (Fsp3) is 0.111. The molecule has 2 aromatic carbocycles. The van der Waals surface area contributed by atoms with E-state index in [2.05, 4.69) is 6.07 Å². The largest absolute Gasteiger partial charge is 0.307 e. The van der Waals surface area contributed by atoms with Crippen LogP contribution in [0.5, 0.6) is 0 Å². The van der Waals surface area contributed by atoms with Gasteiger partial charge in [0.1, 0.15) is 0 Å². The van der Waals surface area contributed by atoms with Gasteiger partial charge in [-0.15, -0.1) is 0 Å². The lowest BCUT2D eigenvalue weighted by Crippen LogP contribution is -2.27. The summed E-state index contributed by atoms with van der Waals surface area (Å²) in [7, 11) is 0. The van der Waals surface area contributed by atoms with E-state index in [-0.39, 0.29) is 5.56 Å². The Morgan fingerprint density at radius 2 is 1.67 bits per heavy atom. The van der Waals surface area contributed by atoms with Crippen molar-refractivity contribution in [1.82, 2.24) is 4.57 Å².